The lowest BCUT2D eigenvalue weighted by Gasteiger charge is -2.11. The number of carboxylic acid groups (broad SMARTS) is 1. The summed E-state index contributed by atoms with van der Waals surface area (Å²) in [5.74, 6) is -0.509. The Labute approximate surface area is 103 Å². The Balaban J connectivity index is 3.06. The van der Waals surface area contributed by atoms with Crippen LogP contribution in [0.25, 0.3) is 0 Å². The van der Waals surface area contributed by atoms with Crippen LogP contribution in [0.1, 0.15) is 6.42 Å². The fourth-order valence-electron chi connectivity index (χ4n) is 1.11. The fraction of sp³-hybridized carbons (Fsp3) is 0.200. The zero-order valence-corrected chi connectivity index (χ0v) is 9.82. The number of sulfonamides is 1. The lowest BCUT2D eigenvalue weighted by atomic mass is 10.2. The zero-order chi connectivity index (χ0) is 13.8. The van der Waals surface area contributed by atoms with Gasteiger partial charge in [-0.3, -0.25) is 4.79 Å². The van der Waals surface area contributed by atoms with Crippen LogP contribution in [0.5, 0.6) is 0 Å². The highest BCUT2D eigenvalue weighted by molar-refractivity contribution is 7.89. The average molecular weight is 272 g/mol. The van der Waals surface area contributed by atoms with Crippen LogP contribution in [-0.4, -0.2) is 30.5 Å². The molecule has 18 heavy (non-hydrogen) atoms. The van der Waals surface area contributed by atoms with E-state index in [1.165, 1.54) is 6.07 Å². The smallest absolute Gasteiger partial charge is 0.322 e. The Bertz CT molecular complexity index is 594. The van der Waals surface area contributed by atoms with Gasteiger partial charge in [0.15, 0.2) is 5.82 Å². The van der Waals surface area contributed by atoms with Crippen LogP contribution in [0.2, 0.25) is 0 Å². The van der Waals surface area contributed by atoms with Crippen molar-refractivity contribution in [3.63, 3.8) is 0 Å². The van der Waals surface area contributed by atoms with Crippen LogP contribution >= 0.6 is 0 Å². The van der Waals surface area contributed by atoms with Gasteiger partial charge < -0.3 is 5.11 Å². The second kappa shape index (κ2) is 5.57. The third kappa shape index (κ3) is 3.26. The van der Waals surface area contributed by atoms with Crippen molar-refractivity contribution in [2.24, 2.45) is 0 Å². The molecule has 0 saturated carbocycles. The highest BCUT2D eigenvalue weighted by Crippen LogP contribution is 2.11. The number of aromatic nitrogens is 1. The maximum Gasteiger partial charge on any atom is 0.322 e. The summed E-state index contributed by atoms with van der Waals surface area (Å²) in [4.78, 5) is 14.1. The van der Waals surface area contributed by atoms with E-state index in [4.69, 9.17) is 11.5 Å². The Morgan fingerprint density at radius 2 is 2.33 bits per heavy atom. The first-order valence-electron chi connectivity index (χ1n) is 4.67. The molecule has 0 saturated heterocycles. The predicted octanol–water partition coefficient (Wildman–Crippen LogP) is -0.0245. The van der Waals surface area contributed by atoms with Gasteiger partial charge in [-0.25, -0.2) is 17.8 Å². The van der Waals surface area contributed by atoms with Crippen LogP contribution in [0.4, 0.5) is 4.39 Å². The van der Waals surface area contributed by atoms with Gasteiger partial charge in [-0.2, -0.15) is 4.72 Å². The summed E-state index contributed by atoms with van der Waals surface area (Å²) >= 11 is 0. The summed E-state index contributed by atoms with van der Waals surface area (Å²) in [5.41, 5.74) is 0. The molecule has 0 bridgehead atoms. The second-order valence-electron chi connectivity index (χ2n) is 3.21. The first-order valence-corrected chi connectivity index (χ1v) is 6.16. The summed E-state index contributed by atoms with van der Waals surface area (Å²) in [6.45, 7) is 0. The van der Waals surface area contributed by atoms with Gasteiger partial charge in [0.1, 0.15) is 6.04 Å². The zero-order valence-electron chi connectivity index (χ0n) is 9.00. The number of halogens is 1. The van der Waals surface area contributed by atoms with Gasteiger partial charge >= 0.3 is 5.97 Å². The number of hydrogen-bond donors (Lipinski definition) is 2. The second-order valence-corrected chi connectivity index (χ2v) is 4.84. The van der Waals surface area contributed by atoms with Gasteiger partial charge in [0.05, 0.1) is 0 Å². The molecule has 0 aliphatic carbocycles. The summed E-state index contributed by atoms with van der Waals surface area (Å²) in [5, 5.41) is 7.88. The quantitative estimate of drug-likeness (QED) is 0.734. The summed E-state index contributed by atoms with van der Waals surface area (Å²) in [6.07, 6.45) is 5.64. The molecule has 0 amide bonds. The molecule has 1 atom stereocenters. The highest BCUT2D eigenvalue weighted by atomic mass is 32.2. The topological polar surface area (TPSA) is 96.4 Å². The molecule has 0 spiro atoms. The fourth-order valence-corrected chi connectivity index (χ4v) is 2.30. The van der Waals surface area contributed by atoms with E-state index in [0.29, 0.717) is 0 Å². The number of pyridine rings is 1. The minimum absolute atomic E-state index is 0.358. The molecule has 1 aromatic heterocycles. The molecule has 0 aromatic carbocycles. The molecule has 0 aliphatic heterocycles. The number of terminal acetylenes is 1. The summed E-state index contributed by atoms with van der Waals surface area (Å²) in [6, 6.07) is 0.588. The molecular weight excluding hydrogens is 263 g/mol. The van der Waals surface area contributed by atoms with Gasteiger partial charge in [0.25, 0.3) is 10.0 Å². The average Bonchev–Trinajstić information content (AvgIpc) is 2.28. The number of nitrogens with zero attached hydrogens (tertiary/aromatic N) is 1. The van der Waals surface area contributed by atoms with E-state index < -0.39 is 32.9 Å². The molecule has 1 rings (SSSR count). The Hall–Kier alpha value is -1.98. The number of nitrogens with one attached hydrogen (secondary N) is 1. The van der Waals surface area contributed by atoms with Crippen molar-refractivity contribution >= 4 is 16.0 Å². The van der Waals surface area contributed by atoms with Crippen molar-refractivity contribution < 1.29 is 22.7 Å². The molecule has 1 aromatic rings. The minimum Gasteiger partial charge on any atom is -0.480 e. The third-order valence-electron chi connectivity index (χ3n) is 1.90. The Morgan fingerprint density at radius 1 is 1.67 bits per heavy atom. The normalized spacial score (nSPS) is 12.7. The summed E-state index contributed by atoms with van der Waals surface area (Å²) in [7, 11) is -4.37. The van der Waals surface area contributed by atoms with Crippen LogP contribution in [0.15, 0.2) is 23.4 Å². The molecule has 6 nitrogen and oxygen atoms in total. The van der Waals surface area contributed by atoms with Gasteiger partial charge in [0.2, 0.25) is 5.03 Å². The molecule has 2 N–H and O–H groups in total. The van der Waals surface area contributed by atoms with Crippen LogP contribution in [-0.2, 0) is 14.8 Å². The van der Waals surface area contributed by atoms with Gasteiger partial charge in [0, 0.05) is 12.6 Å². The summed E-state index contributed by atoms with van der Waals surface area (Å²) < 4.78 is 38.4. The van der Waals surface area contributed by atoms with Crippen LogP contribution in [0.3, 0.4) is 0 Å². The molecule has 0 fully saturated rings. The highest BCUT2D eigenvalue weighted by Gasteiger charge is 2.27. The SMILES string of the molecule is C#CCC(NS(=O)(=O)c1ncccc1F)C(=O)O. The largest absolute Gasteiger partial charge is 0.480 e. The van der Waals surface area contributed by atoms with E-state index in [-0.39, 0.29) is 6.42 Å². The number of hydrogen-bond acceptors (Lipinski definition) is 4. The van der Waals surface area contributed by atoms with E-state index in [1.54, 1.807) is 4.72 Å². The molecule has 1 heterocycles. The first-order chi connectivity index (χ1) is 8.38. The Kier molecular flexibility index (Phi) is 4.36. The molecule has 96 valence electrons. The van der Waals surface area contributed by atoms with Crippen LogP contribution < -0.4 is 4.72 Å². The van der Waals surface area contributed by atoms with Crippen molar-refractivity contribution in [1.29, 1.82) is 0 Å². The molecule has 1 unspecified atom stereocenters. The lowest BCUT2D eigenvalue weighted by molar-refractivity contribution is -0.138. The first kappa shape index (κ1) is 14.1. The maximum atomic E-state index is 13.3. The van der Waals surface area contributed by atoms with E-state index in [9.17, 15) is 17.6 Å². The van der Waals surface area contributed by atoms with Crippen molar-refractivity contribution in [1.82, 2.24) is 9.71 Å². The number of carboxylic acids is 1. The maximum absolute atomic E-state index is 13.3. The van der Waals surface area contributed by atoms with Gasteiger partial charge in [-0.15, -0.1) is 12.3 Å². The van der Waals surface area contributed by atoms with Crippen LogP contribution in [0, 0.1) is 18.2 Å². The third-order valence-corrected chi connectivity index (χ3v) is 3.30. The molecule has 8 heteroatoms. The van der Waals surface area contributed by atoms with Crippen molar-refractivity contribution in [2.75, 3.05) is 0 Å². The number of carbonyl (C=O) groups is 1. The molecular formula is C10H9FN2O4S. The number of aliphatic carboxylic acids is 1. The van der Waals surface area contributed by atoms with E-state index in [2.05, 4.69) is 4.98 Å². The van der Waals surface area contributed by atoms with Gasteiger partial charge in [-0.05, 0) is 12.1 Å². The Morgan fingerprint density at radius 3 is 2.83 bits per heavy atom. The predicted molar refractivity (Wildman–Crippen MR) is 59.4 cm³/mol. The van der Waals surface area contributed by atoms with E-state index in [0.717, 1.165) is 12.3 Å². The monoisotopic (exact) mass is 272 g/mol. The van der Waals surface area contributed by atoms with Crippen molar-refractivity contribution in [3.8, 4) is 12.3 Å². The van der Waals surface area contributed by atoms with E-state index in [1.807, 2.05) is 5.92 Å². The molecule has 0 radical (unpaired) electrons. The molecule has 0 aliphatic rings. The lowest BCUT2D eigenvalue weighted by Crippen LogP contribution is -2.41. The standard InChI is InChI=1S/C10H9FN2O4S/c1-2-4-8(10(14)15)13-18(16,17)9-7(11)5-3-6-12-9/h1,3,5-6,8,13H,4H2,(H,14,15). The van der Waals surface area contributed by atoms with E-state index >= 15 is 0 Å². The van der Waals surface area contributed by atoms with Crippen molar-refractivity contribution in [3.05, 3.63) is 24.1 Å². The minimum atomic E-state index is -4.37. The van der Waals surface area contributed by atoms with Crippen molar-refractivity contribution in [2.45, 2.75) is 17.5 Å². The van der Waals surface area contributed by atoms with Gasteiger partial charge in [-0.1, -0.05) is 0 Å². The number of rotatable bonds is 5.